The van der Waals surface area contributed by atoms with E-state index in [4.69, 9.17) is 16.7 Å². The van der Waals surface area contributed by atoms with Gasteiger partial charge in [0.15, 0.2) is 0 Å². The summed E-state index contributed by atoms with van der Waals surface area (Å²) in [4.78, 5) is 24.1. The summed E-state index contributed by atoms with van der Waals surface area (Å²) in [5, 5.41) is 8.15. The van der Waals surface area contributed by atoms with Crippen LogP contribution in [-0.4, -0.2) is 52.0 Å². The molecule has 0 saturated carbocycles. The summed E-state index contributed by atoms with van der Waals surface area (Å²) >= 11 is 5.30. The highest BCUT2D eigenvalue weighted by Crippen LogP contribution is 2.11. The minimum Gasteiger partial charge on any atom is -0.465 e. The second-order valence-corrected chi connectivity index (χ2v) is 3.35. The van der Waals surface area contributed by atoms with Crippen LogP contribution in [0.3, 0.4) is 0 Å². The van der Waals surface area contributed by atoms with Gasteiger partial charge in [-0.15, -0.1) is 0 Å². The summed E-state index contributed by atoms with van der Waals surface area (Å²) in [7, 11) is 0. The molecule has 1 N–H and O–H groups in total. The van der Waals surface area contributed by atoms with Gasteiger partial charge in [0.2, 0.25) is 0 Å². The van der Waals surface area contributed by atoms with Crippen LogP contribution >= 0.6 is 11.6 Å². The predicted molar refractivity (Wildman–Crippen MR) is 47.0 cm³/mol. The maximum Gasteiger partial charge on any atom is 0.407 e. The third kappa shape index (κ3) is 2.24. The van der Waals surface area contributed by atoms with Crippen molar-refractivity contribution in [2.75, 3.05) is 19.6 Å². The second kappa shape index (κ2) is 3.83. The number of hydrogen-bond donors (Lipinski definition) is 1. The van der Waals surface area contributed by atoms with Gasteiger partial charge in [0.25, 0.3) is 0 Å². The summed E-state index contributed by atoms with van der Waals surface area (Å²) in [5.74, 6) is 0. The maximum atomic E-state index is 10.8. The number of nitrogens with zero attached hydrogens (tertiary/aromatic N) is 2. The second-order valence-electron chi connectivity index (χ2n) is 3.02. The minimum absolute atomic E-state index is 0.144. The Bertz CT molecular complexity index is 234. The summed E-state index contributed by atoms with van der Waals surface area (Å²) in [6, 6.07) is -0.144. The Morgan fingerprint density at radius 3 is 2.46 bits per heavy atom. The molecule has 1 atom stereocenters. The van der Waals surface area contributed by atoms with Crippen molar-refractivity contribution in [2.45, 2.75) is 13.0 Å². The molecule has 0 aliphatic carbocycles. The normalized spacial score (nSPS) is 23.1. The molecule has 5 nitrogen and oxygen atoms in total. The molecule has 1 saturated heterocycles. The van der Waals surface area contributed by atoms with Gasteiger partial charge in [-0.25, -0.2) is 4.79 Å². The number of carbonyl (C=O) groups is 2. The lowest BCUT2D eigenvalue weighted by atomic mass is 10.2. The molecule has 0 radical (unpaired) electrons. The summed E-state index contributed by atoms with van der Waals surface area (Å²) in [5.41, 5.74) is 0. The van der Waals surface area contributed by atoms with Crippen LogP contribution in [0.1, 0.15) is 6.92 Å². The molecule has 74 valence electrons. The topological polar surface area (TPSA) is 60.9 Å². The maximum absolute atomic E-state index is 10.8. The molecule has 13 heavy (non-hydrogen) atoms. The molecule has 0 bridgehead atoms. The van der Waals surface area contributed by atoms with Crippen molar-refractivity contribution in [2.24, 2.45) is 0 Å². The molecular weight excluding hydrogens is 196 g/mol. The van der Waals surface area contributed by atoms with Crippen molar-refractivity contribution in [3.8, 4) is 0 Å². The molecule has 0 spiro atoms. The fraction of sp³-hybridized carbons (Fsp3) is 0.714. The van der Waals surface area contributed by atoms with Crippen molar-refractivity contribution < 1.29 is 14.7 Å². The summed E-state index contributed by atoms with van der Waals surface area (Å²) < 4.78 is 0. The van der Waals surface area contributed by atoms with E-state index in [1.165, 1.54) is 9.80 Å². The Kier molecular flexibility index (Phi) is 2.98. The molecule has 0 aromatic rings. The number of carboxylic acid groups (broad SMARTS) is 1. The number of carbonyl (C=O) groups excluding carboxylic acids is 1. The van der Waals surface area contributed by atoms with Gasteiger partial charge < -0.3 is 14.9 Å². The molecule has 1 heterocycles. The van der Waals surface area contributed by atoms with E-state index in [1.807, 2.05) is 0 Å². The van der Waals surface area contributed by atoms with Gasteiger partial charge in [0.05, 0.1) is 0 Å². The van der Waals surface area contributed by atoms with E-state index in [0.29, 0.717) is 19.6 Å². The van der Waals surface area contributed by atoms with Crippen LogP contribution in [0.25, 0.3) is 0 Å². The first-order chi connectivity index (χ1) is 6.02. The molecule has 6 heteroatoms. The summed E-state index contributed by atoms with van der Waals surface area (Å²) in [6.07, 6.45) is -0.950. The fourth-order valence-corrected chi connectivity index (χ4v) is 1.64. The molecule has 0 aromatic heterocycles. The Morgan fingerprint density at radius 2 is 2.08 bits per heavy atom. The van der Waals surface area contributed by atoms with Crippen LogP contribution in [0.5, 0.6) is 0 Å². The number of piperazine rings is 1. The number of hydrogen-bond acceptors (Lipinski definition) is 2. The standard InChI is InChI=1S/C7H11ClN2O3/c1-5-4-9(7(12)13)2-3-10(5)6(8)11/h5H,2-4H2,1H3,(H,12,13). The molecule has 2 amide bonds. The highest BCUT2D eigenvalue weighted by atomic mass is 35.5. The lowest BCUT2D eigenvalue weighted by Gasteiger charge is -2.37. The van der Waals surface area contributed by atoms with Crippen molar-refractivity contribution in [3.63, 3.8) is 0 Å². The first-order valence-corrected chi connectivity index (χ1v) is 4.34. The molecule has 1 aliphatic heterocycles. The van der Waals surface area contributed by atoms with Crippen LogP contribution < -0.4 is 0 Å². The zero-order chi connectivity index (χ0) is 10.0. The van der Waals surface area contributed by atoms with E-state index in [2.05, 4.69) is 0 Å². The molecule has 1 unspecified atom stereocenters. The lowest BCUT2D eigenvalue weighted by Crippen LogP contribution is -2.53. The largest absolute Gasteiger partial charge is 0.465 e. The Balaban J connectivity index is 2.56. The predicted octanol–water partition coefficient (Wildman–Crippen LogP) is 1.03. The van der Waals surface area contributed by atoms with E-state index in [0.717, 1.165) is 0 Å². The van der Waals surface area contributed by atoms with Crippen LogP contribution in [0, 0.1) is 0 Å². The Labute approximate surface area is 80.9 Å². The molecular formula is C7H11ClN2O3. The first-order valence-electron chi connectivity index (χ1n) is 3.96. The highest BCUT2D eigenvalue weighted by Gasteiger charge is 2.28. The van der Waals surface area contributed by atoms with Crippen LogP contribution in [0.2, 0.25) is 0 Å². The Morgan fingerprint density at radius 1 is 1.46 bits per heavy atom. The van der Waals surface area contributed by atoms with E-state index in [9.17, 15) is 9.59 Å². The fourth-order valence-electron chi connectivity index (χ4n) is 1.39. The molecule has 1 fully saturated rings. The van der Waals surface area contributed by atoms with Crippen LogP contribution in [0.15, 0.2) is 0 Å². The van der Waals surface area contributed by atoms with Gasteiger partial charge in [-0.2, -0.15) is 0 Å². The van der Waals surface area contributed by atoms with Crippen molar-refractivity contribution in [3.05, 3.63) is 0 Å². The smallest absolute Gasteiger partial charge is 0.407 e. The average Bonchev–Trinajstić information content (AvgIpc) is 2.03. The highest BCUT2D eigenvalue weighted by molar-refractivity contribution is 6.62. The van der Waals surface area contributed by atoms with Crippen molar-refractivity contribution in [1.82, 2.24) is 9.80 Å². The van der Waals surface area contributed by atoms with E-state index in [-0.39, 0.29) is 6.04 Å². The molecule has 1 aliphatic rings. The summed E-state index contributed by atoms with van der Waals surface area (Å²) in [6.45, 7) is 2.80. The van der Waals surface area contributed by atoms with Gasteiger partial charge in [-0.1, -0.05) is 0 Å². The molecule has 1 rings (SSSR count). The van der Waals surface area contributed by atoms with Gasteiger partial charge in [0.1, 0.15) is 0 Å². The van der Waals surface area contributed by atoms with E-state index >= 15 is 0 Å². The van der Waals surface area contributed by atoms with Gasteiger partial charge in [0, 0.05) is 25.7 Å². The van der Waals surface area contributed by atoms with Crippen molar-refractivity contribution in [1.29, 1.82) is 0 Å². The lowest BCUT2D eigenvalue weighted by molar-refractivity contribution is 0.0951. The number of amides is 2. The van der Waals surface area contributed by atoms with Gasteiger partial charge in [-0.05, 0) is 18.5 Å². The first kappa shape index (κ1) is 10.1. The van der Waals surface area contributed by atoms with Gasteiger partial charge in [-0.3, -0.25) is 4.79 Å². The van der Waals surface area contributed by atoms with Crippen LogP contribution in [-0.2, 0) is 0 Å². The van der Waals surface area contributed by atoms with Gasteiger partial charge >= 0.3 is 11.5 Å². The number of rotatable bonds is 0. The zero-order valence-corrected chi connectivity index (χ0v) is 7.99. The SMILES string of the molecule is CC1CN(C(=O)O)CCN1C(=O)Cl. The van der Waals surface area contributed by atoms with Crippen molar-refractivity contribution >= 4 is 23.1 Å². The van der Waals surface area contributed by atoms with Crippen LogP contribution in [0.4, 0.5) is 9.59 Å². The average molecular weight is 207 g/mol. The number of halogens is 1. The van der Waals surface area contributed by atoms with E-state index in [1.54, 1.807) is 6.92 Å². The third-order valence-electron chi connectivity index (χ3n) is 2.12. The van der Waals surface area contributed by atoms with E-state index < -0.39 is 11.5 Å². The third-order valence-corrected chi connectivity index (χ3v) is 2.34. The monoisotopic (exact) mass is 206 g/mol. The minimum atomic E-state index is -0.950. The Hall–Kier alpha value is -0.970. The quantitative estimate of drug-likeness (QED) is 0.476. The molecule has 0 aromatic carbocycles. The zero-order valence-electron chi connectivity index (χ0n) is 7.23.